The fourth-order valence-electron chi connectivity index (χ4n) is 9.71. The van der Waals surface area contributed by atoms with E-state index in [1.165, 1.54) is 66.1 Å². The molecule has 1 aliphatic rings. The molecule has 64 heavy (non-hydrogen) atoms. The molecule has 1 aromatic heterocycles. The number of benzene rings is 10. The lowest BCUT2D eigenvalue weighted by molar-refractivity contribution is 0.998. The number of rotatable bonds is 8. The maximum Gasteiger partial charge on any atom is 0.0775 e. The van der Waals surface area contributed by atoms with Gasteiger partial charge < -0.3 is 14.8 Å². The molecule has 3 nitrogen and oxygen atoms in total. The van der Waals surface area contributed by atoms with Gasteiger partial charge in [0.25, 0.3) is 0 Å². The minimum Gasteiger partial charge on any atom is -0.374 e. The van der Waals surface area contributed by atoms with Gasteiger partial charge >= 0.3 is 0 Å². The highest BCUT2D eigenvalue weighted by Crippen LogP contribution is 2.49. The van der Waals surface area contributed by atoms with Gasteiger partial charge in [-0.25, -0.2) is 0 Å². The van der Waals surface area contributed by atoms with Crippen LogP contribution in [0.15, 0.2) is 243 Å². The summed E-state index contributed by atoms with van der Waals surface area (Å²) in [4.78, 5) is 2.48. The van der Waals surface area contributed by atoms with Crippen LogP contribution in [0.5, 0.6) is 0 Å². The van der Waals surface area contributed by atoms with Crippen molar-refractivity contribution < 1.29 is 0 Å². The summed E-state index contributed by atoms with van der Waals surface area (Å²) in [5.41, 5.74) is 17.3. The van der Waals surface area contributed by atoms with Crippen LogP contribution in [0.3, 0.4) is 0 Å². The normalized spacial score (nSPS) is 13.4. The van der Waals surface area contributed by atoms with Crippen molar-refractivity contribution in [2.45, 2.75) is 6.04 Å². The van der Waals surface area contributed by atoms with Gasteiger partial charge in [-0.3, -0.25) is 0 Å². The number of nitrogens with zero attached hydrogens (tertiary/aromatic N) is 2. The average molecular weight is 818 g/mol. The summed E-state index contributed by atoms with van der Waals surface area (Å²) in [6, 6.07) is 88.0. The molecule has 3 heteroatoms. The first kappa shape index (κ1) is 37.4. The van der Waals surface area contributed by atoms with Gasteiger partial charge in [0.2, 0.25) is 0 Å². The molecule has 0 amide bonds. The van der Waals surface area contributed by atoms with Gasteiger partial charge in [0, 0.05) is 33.5 Å². The van der Waals surface area contributed by atoms with Gasteiger partial charge in [0.05, 0.1) is 22.8 Å². The first-order chi connectivity index (χ1) is 31.7. The minimum atomic E-state index is -0.147. The van der Waals surface area contributed by atoms with Crippen molar-refractivity contribution in [2.24, 2.45) is 0 Å². The van der Waals surface area contributed by atoms with E-state index in [1.54, 1.807) is 0 Å². The van der Waals surface area contributed by atoms with E-state index in [0.29, 0.717) is 0 Å². The predicted octanol–water partition coefficient (Wildman–Crippen LogP) is 16.4. The second kappa shape index (κ2) is 15.8. The van der Waals surface area contributed by atoms with Crippen LogP contribution in [0.4, 0.5) is 22.7 Å². The summed E-state index contributed by atoms with van der Waals surface area (Å²) in [6.07, 6.45) is 2.37. The molecular formula is C61H43N3. The zero-order valence-electron chi connectivity index (χ0n) is 35.1. The van der Waals surface area contributed by atoms with Crippen molar-refractivity contribution in [3.63, 3.8) is 0 Å². The van der Waals surface area contributed by atoms with E-state index in [4.69, 9.17) is 0 Å². The lowest BCUT2D eigenvalue weighted by Crippen LogP contribution is -2.18. The Morgan fingerprint density at radius 3 is 1.69 bits per heavy atom. The standard InChI is InChI=1S/C61H43N3/c1-4-16-42(17-5-1)45-28-33-51(34-29-45)63(53-37-32-44-20-10-11-23-48(44)38-53)58-40-50(61-55(47-21-8-3-9-22-47)39-49-24-12-14-26-56(49)62-61)41-59-60(58)54-25-13-15-27-57(54)64(59)52-35-30-46(31-36-52)43-18-6-2-7-19-43/h1-41,61-62H. The van der Waals surface area contributed by atoms with Crippen molar-refractivity contribution in [3.8, 4) is 27.9 Å². The summed E-state index contributed by atoms with van der Waals surface area (Å²) < 4.78 is 2.46. The SMILES string of the molecule is C1=C(c2ccccc2)C(c2cc(N(c3ccc(-c4ccccc4)cc3)c3ccc4ccccc4c3)c3c4ccccc4n(-c4ccc(-c5ccccc5)cc4)c3c2)Nc2ccccc21. The average Bonchev–Trinajstić information content (AvgIpc) is 3.71. The molecule has 1 atom stereocenters. The van der Waals surface area contributed by atoms with Crippen LogP contribution in [-0.4, -0.2) is 4.57 Å². The van der Waals surface area contributed by atoms with Crippen molar-refractivity contribution in [3.05, 3.63) is 259 Å². The van der Waals surface area contributed by atoms with Crippen LogP contribution in [0.2, 0.25) is 0 Å². The topological polar surface area (TPSA) is 20.2 Å². The summed E-state index contributed by atoms with van der Waals surface area (Å²) >= 11 is 0. The Hall–Kier alpha value is -8.40. The van der Waals surface area contributed by atoms with Gasteiger partial charge in [0.15, 0.2) is 0 Å². The first-order valence-electron chi connectivity index (χ1n) is 22.0. The molecule has 2 heterocycles. The quantitative estimate of drug-likeness (QED) is 0.165. The number of aromatic nitrogens is 1. The second-order valence-corrected chi connectivity index (χ2v) is 16.6. The Kier molecular flexibility index (Phi) is 9.23. The molecular weight excluding hydrogens is 775 g/mol. The van der Waals surface area contributed by atoms with Crippen LogP contribution in [0, 0.1) is 0 Å². The van der Waals surface area contributed by atoms with Gasteiger partial charge in [-0.2, -0.15) is 0 Å². The van der Waals surface area contributed by atoms with Gasteiger partial charge in [-0.1, -0.05) is 182 Å². The van der Waals surface area contributed by atoms with E-state index in [-0.39, 0.29) is 6.04 Å². The molecule has 0 saturated heterocycles. The summed E-state index contributed by atoms with van der Waals surface area (Å²) in [5.74, 6) is 0. The zero-order valence-corrected chi connectivity index (χ0v) is 35.1. The van der Waals surface area contributed by atoms with Crippen molar-refractivity contribution >= 4 is 67.0 Å². The monoisotopic (exact) mass is 817 g/mol. The first-order valence-corrected chi connectivity index (χ1v) is 22.0. The van der Waals surface area contributed by atoms with Gasteiger partial charge in [-0.05, 0) is 122 Å². The highest BCUT2D eigenvalue weighted by atomic mass is 15.1. The van der Waals surface area contributed by atoms with E-state index in [9.17, 15) is 0 Å². The lowest BCUT2D eigenvalue weighted by Gasteiger charge is -2.32. The van der Waals surface area contributed by atoms with Gasteiger partial charge in [-0.15, -0.1) is 0 Å². The molecule has 12 rings (SSSR count). The Labute approximate surface area is 373 Å². The Bertz CT molecular complexity index is 3500. The Morgan fingerprint density at radius 1 is 0.406 bits per heavy atom. The van der Waals surface area contributed by atoms with Crippen molar-refractivity contribution in [2.75, 3.05) is 10.2 Å². The smallest absolute Gasteiger partial charge is 0.0775 e. The Balaban J connectivity index is 1.15. The Morgan fingerprint density at radius 2 is 0.969 bits per heavy atom. The van der Waals surface area contributed by atoms with Crippen molar-refractivity contribution in [1.82, 2.24) is 4.57 Å². The fraction of sp³-hybridized carbons (Fsp3) is 0.0164. The molecule has 1 unspecified atom stereocenters. The number of nitrogens with one attached hydrogen (secondary N) is 1. The third kappa shape index (κ3) is 6.63. The molecule has 0 spiro atoms. The highest BCUT2D eigenvalue weighted by Gasteiger charge is 2.28. The molecule has 10 aromatic carbocycles. The second-order valence-electron chi connectivity index (χ2n) is 16.6. The number of anilines is 4. The number of para-hydroxylation sites is 2. The molecule has 0 bridgehead atoms. The maximum absolute atomic E-state index is 4.04. The van der Waals surface area contributed by atoms with Crippen LogP contribution < -0.4 is 10.2 Å². The zero-order chi connectivity index (χ0) is 42.4. The van der Waals surface area contributed by atoms with E-state index in [1.807, 2.05) is 0 Å². The van der Waals surface area contributed by atoms with E-state index in [0.717, 1.165) is 39.5 Å². The number of hydrogen-bond acceptors (Lipinski definition) is 2. The third-order valence-corrected chi connectivity index (χ3v) is 12.8. The highest BCUT2D eigenvalue weighted by molar-refractivity contribution is 6.17. The maximum atomic E-state index is 4.04. The number of fused-ring (bicyclic) bond motifs is 5. The summed E-state index contributed by atoms with van der Waals surface area (Å²) in [6.45, 7) is 0. The molecule has 0 saturated carbocycles. The third-order valence-electron chi connectivity index (χ3n) is 12.8. The molecule has 0 aliphatic carbocycles. The van der Waals surface area contributed by atoms with Crippen LogP contribution in [0.1, 0.15) is 22.7 Å². The largest absolute Gasteiger partial charge is 0.374 e. The molecule has 0 fully saturated rings. The lowest BCUT2D eigenvalue weighted by atomic mass is 9.87. The number of hydrogen-bond donors (Lipinski definition) is 1. The van der Waals surface area contributed by atoms with E-state index in [2.05, 4.69) is 264 Å². The van der Waals surface area contributed by atoms with Gasteiger partial charge in [0.1, 0.15) is 0 Å². The fourth-order valence-corrected chi connectivity index (χ4v) is 9.71. The van der Waals surface area contributed by atoms with E-state index >= 15 is 0 Å². The summed E-state index contributed by atoms with van der Waals surface area (Å²) in [7, 11) is 0. The molecule has 0 radical (unpaired) electrons. The molecule has 1 aliphatic heterocycles. The van der Waals surface area contributed by atoms with Crippen molar-refractivity contribution in [1.29, 1.82) is 0 Å². The molecule has 1 N–H and O–H groups in total. The molecule has 11 aromatic rings. The van der Waals surface area contributed by atoms with Crippen LogP contribution in [-0.2, 0) is 0 Å². The van der Waals surface area contributed by atoms with Crippen LogP contribution in [0.25, 0.3) is 72.2 Å². The minimum absolute atomic E-state index is 0.147. The summed E-state index contributed by atoms with van der Waals surface area (Å²) in [5, 5.41) is 8.83. The van der Waals surface area contributed by atoms with Crippen LogP contribution >= 0.6 is 0 Å². The van der Waals surface area contributed by atoms with E-state index < -0.39 is 0 Å². The predicted molar refractivity (Wildman–Crippen MR) is 271 cm³/mol. The molecule has 302 valence electrons.